The average Bonchev–Trinajstić information content (AvgIpc) is 3.31. The number of rotatable bonds is 3. The summed E-state index contributed by atoms with van der Waals surface area (Å²) in [6.07, 6.45) is 0.380. The molecule has 1 spiro atoms. The Balaban J connectivity index is 2.15. The lowest BCUT2D eigenvalue weighted by Gasteiger charge is -2.45. The number of carbonyl (C=O) groups is 2. The minimum Gasteiger partial charge on any atom is -0.453 e. The minimum absolute atomic E-state index is 0.0289. The number of Topliss-reactive ketones (excluding diaryl/α,β-unsaturated/α-hetero) is 1. The number of ether oxygens (including phenoxy) is 2. The number of hydrogen-bond acceptors (Lipinski definition) is 6. The summed E-state index contributed by atoms with van der Waals surface area (Å²) in [5, 5.41) is 11.5. The van der Waals surface area contributed by atoms with Crippen molar-refractivity contribution >= 4 is 20.2 Å². The molecule has 0 radical (unpaired) electrons. The molecule has 5 atom stereocenters. The molecule has 2 aliphatic carbocycles. The number of carbonyl (C=O) groups excluding carboxylic acids is 2. The molecule has 30 heavy (non-hydrogen) atoms. The van der Waals surface area contributed by atoms with E-state index in [1.807, 2.05) is 13.1 Å². The fourth-order valence-electron chi connectivity index (χ4n) is 4.04. The van der Waals surface area contributed by atoms with Gasteiger partial charge in [-0.1, -0.05) is 44.5 Å². The fourth-order valence-corrected chi connectivity index (χ4v) is 5.29. The molecule has 0 aromatic carbocycles. The first-order valence-electron chi connectivity index (χ1n) is 9.88. The highest BCUT2D eigenvalue weighted by atomic mass is 28.4. The predicted octanol–water partition coefficient (Wildman–Crippen LogP) is 1.86. The Bertz CT molecular complexity index is 914. The second kappa shape index (κ2) is 7.25. The first-order valence-corrected chi connectivity index (χ1v) is 12.8. The van der Waals surface area contributed by atoms with E-state index >= 15 is 0 Å². The SMILES string of the molecule is COC(=O)N1[C@@H]2C(=O)[C@H](O[Si](C)(C)C(C)(C)C)[C@@]3(O)C#C/C=C\C#C[C@H](OC)[C@]21C3. The third kappa shape index (κ3) is 3.29. The zero-order valence-corrected chi connectivity index (χ0v) is 19.5. The first-order chi connectivity index (χ1) is 13.9. The van der Waals surface area contributed by atoms with Crippen molar-refractivity contribution < 1.29 is 28.6 Å². The number of nitrogens with zero attached hydrogens (tertiary/aromatic N) is 1. The summed E-state index contributed by atoms with van der Waals surface area (Å²) in [6, 6.07) is -0.857. The van der Waals surface area contributed by atoms with Gasteiger partial charge in [0.05, 0.1) is 7.11 Å². The van der Waals surface area contributed by atoms with Crippen LogP contribution in [0.5, 0.6) is 0 Å². The molecule has 1 saturated carbocycles. The van der Waals surface area contributed by atoms with E-state index in [4.69, 9.17) is 13.9 Å². The monoisotopic (exact) mass is 431 g/mol. The third-order valence-electron chi connectivity index (χ3n) is 6.66. The van der Waals surface area contributed by atoms with Crippen LogP contribution >= 0.6 is 0 Å². The Morgan fingerprint density at radius 3 is 2.47 bits per heavy atom. The third-order valence-corrected chi connectivity index (χ3v) is 11.1. The predicted molar refractivity (Wildman–Crippen MR) is 113 cm³/mol. The molecule has 2 bridgehead atoms. The molecule has 3 rings (SSSR count). The normalized spacial score (nSPS) is 35.8. The summed E-state index contributed by atoms with van der Waals surface area (Å²) < 4.78 is 16.9. The zero-order chi connectivity index (χ0) is 22.5. The van der Waals surface area contributed by atoms with Crippen LogP contribution in [0.15, 0.2) is 12.2 Å². The number of methoxy groups -OCH3 is 2. The molecule has 0 unspecified atom stereocenters. The number of fused-ring (bicyclic) bond motifs is 1. The van der Waals surface area contributed by atoms with Crippen LogP contribution in [0.3, 0.4) is 0 Å². The highest BCUT2D eigenvalue weighted by Gasteiger charge is 2.80. The Hall–Kier alpha value is -2.10. The second-order valence-electron chi connectivity index (χ2n) is 9.50. The van der Waals surface area contributed by atoms with Gasteiger partial charge in [-0.3, -0.25) is 9.69 Å². The van der Waals surface area contributed by atoms with E-state index in [0.29, 0.717) is 0 Å². The molecule has 1 N–H and O–H groups in total. The van der Waals surface area contributed by atoms with Gasteiger partial charge in [0.15, 0.2) is 19.7 Å². The summed E-state index contributed by atoms with van der Waals surface area (Å²) in [4.78, 5) is 27.5. The summed E-state index contributed by atoms with van der Waals surface area (Å²) in [5.74, 6) is 11.0. The van der Waals surface area contributed by atoms with Crippen LogP contribution in [-0.2, 0) is 18.7 Å². The van der Waals surface area contributed by atoms with Gasteiger partial charge < -0.3 is 19.0 Å². The van der Waals surface area contributed by atoms with E-state index in [-0.39, 0.29) is 11.5 Å². The van der Waals surface area contributed by atoms with Crippen molar-refractivity contribution in [3.63, 3.8) is 0 Å². The lowest BCUT2D eigenvalue weighted by molar-refractivity contribution is -0.141. The summed E-state index contributed by atoms with van der Waals surface area (Å²) in [5.41, 5.74) is -2.96. The topological polar surface area (TPSA) is 85.1 Å². The van der Waals surface area contributed by atoms with Gasteiger partial charge in [0.1, 0.15) is 23.8 Å². The molecule has 8 heteroatoms. The number of ketones is 1. The van der Waals surface area contributed by atoms with Gasteiger partial charge in [0.25, 0.3) is 0 Å². The maximum Gasteiger partial charge on any atom is 0.410 e. The van der Waals surface area contributed by atoms with Gasteiger partial charge in [-0.25, -0.2) is 4.79 Å². The average molecular weight is 432 g/mol. The molecule has 162 valence electrons. The van der Waals surface area contributed by atoms with Gasteiger partial charge in [0.2, 0.25) is 0 Å². The lowest BCUT2D eigenvalue weighted by atomic mass is 9.73. The van der Waals surface area contributed by atoms with Gasteiger partial charge in [0, 0.05) is 13.5 Å². The zero-order valence-electron chi connectivity index (χ0n) is 18.5. The van der Waals surface area contributed by atoms with Crippen molar-refractivity contribution in [1.82, 2.24) is 4.90 Å². The van der Waals surface area contributed by atoms with E-state index in [1.54, 1.807) is 6.08 Å². The molecular weight excluding hydrogens is 402 g/mol. The Kier molecular flexibility index (Phi) is 5.45. The number of aliphatic hydroxyl groups is 1. The van der Waals surface area contributed by atoms with Crippen LogP contribution in [0.4, 0.5) is 4.79 Å². The van der Waals surface area contributed by atoms with E-state index in [1.165, 1.54) is 25.2 Å². The van der Waals surface area contributed by atoms with Crippen molar-refractivity contribution in [3.05, 3.63) is 12.2 Å². The van der Waals surface area contributed by atoms with Crippen molar-refractivity contribution in [2.24, 2.45) is 0 Å². The Morgan fingerprint density at radius 1 is 1.27 bits per heavy atom. The molecule has 2 fully saturated rings. The first kappa shape index (κ1) is 22.6. The second-order valence-corrected chi connectivity index (χ2v) is 14.3. The number of hydrogen-bond donors (Lipinski definition) is 1. The van der Waals surface area contributed by atoms with Gasteiger partial charge in [-0.15, -0.1) is 0 Å². The number of likely N-dealkylation sites (tertiary alicyclic amines) is 1. The van der Waals surface area contributed by atoms with Crippen LogP contribution in [-0.4, -0.2) is 73.8 Å². The van der Waals surface area contributed by atoms with Crippen LogP contribution < -0.4 is 0 Å². The smallest absolute Gasteiger partial charge is 0.410 e. The van der Waals surface area contributed by atoms with Crippen molar-refractivity contribution in [2.75, 3.05) is 14.2 Å². The van der Waals surface area contributed by atoms with Crippen molar-refractivity contribution in [3.8, 4) is 23.7 Å². The lowest BCUT2D eigenvalue weighted by Crippen LogP contribution is -2.62. The van der Waals surface area contributed by atoms with Crippen LogP contribution in [0.1, 0.15) is 27.2 Å². The van der Waals surface area contributed by atoms with E-state index in [0.717, 1.165) is 0 Å². The maximum absolute atomic E-state index is 13.6. The highest BCUT2D eigenvalue weighted by Crippen LogP contribution is 2.56. The molecule has 1 saturated heterocycles. The number of amides is 1. The Morgan fingerprint density at radius 2 is 1.90 bits per heavy atom. The summed E-state index contributed by atoms with van der Waals surface area (Å²) >= 11 is 0. The maximum atomic E-state index is 13.6. The fraction of sp³-hybridized carbons (Fsp3) is 0.636. The Labute approximate surface area is 178 Å². The molecular formula is C22H29NO6Si. The summed E-state index contributed by atoms with van der Waals surface area (Å²) in [6.45, 7) is 10.2. The van der Waals surface area contributed by atoms with Crippen LogP contribution in [0.25, 0.3) is 0 Å². The largest absolute Gasteiger partial charge is 0.453 e. The quantitative estimate of drug-likeness (QED) is 0.417. The van der Waals surface area contributed by atoms with E-state index in [9.17, 15) is 14.7 Å². The van der Waals surface area contributed by atoms with E-state index in [2.05, 4.69) is 44.5 Å². The molecule has 1 heterocycles. The van der Waals surface area contributed by atoms with E-state index < -0.39 is 49.6 Å². The molecule has 0 aromatic rings. The number of allylic oxidation sites excluding steroid dienone is 2. The van der Waals surface area contributed by atoms with Crippen molar-refractivity contribution in [2.45, 2.75) is 74.7 Å². The van der Waals surface area contributed by atoms with Crippen molar-refractivity contribution in [1.29, 1.82) is 0 Å². The summed E-state index contributed by atoms with van der Waals surface area (Å²) in [7, 11) is 0.265. The standard InChI is InChI=1S/C22H29NO6Si/c1-20(2,3)30(6,7)29-18-16(24)17-22(23(17)19(25)28-5)14-21(18,26)13-11-9-8-10-12-15(22)27-4/h8-9,15,17-18,26H,14H2,1-7H3/b9-8-/t15-,17+,18-,21+,22+,23?/m0/s1. The van der Waals surface area contributed by atoms with Gasteiger partial charge >= 0.3 is 6.09 Å². The highest BCUT2D eigenvalue weighted by molar-refractivity contribution is 6.74. The molecule has 0 aromatic heterocycles. The van der Waals surface area contributed by atoms with Gasteiger partial charge in [-0.05, 0) is 30.3 Å². The molecule has 1 amide bonds. The minimum atomic E-state index is -2.45. The van der Waals surface area contributed by atoms with Gasteiger partial charge in [-0.2, -0.15) is 0 Å². The van der Waals surface area contributed by atoms with Crippen LogP contribution in [0.2, 0.25) is 18.1 Å². The molecule has 1 aliphatic heterocycles. The van der Waals surface area contributed by atoms with Crippen LogP contribution in [0, 0.1) is 23.7 Å². The molecule has 7 nitrogen and oxygen atoms in total. The molecule has 3 aliphatic rings.